The van der Waals surface area contributed by atoms with E-state index in [-0.39, 0.29) is 18.4 Å². The monoisotopic (exact) mass is 498 g/mol. The van der Waals surface area contributed by atoms with E-state index in [1.54, 1.807) is 0 Å². The number of rotatable bonds is 4. The molecule has 0 atom stereocenters. The van der Waals surface area contributed by atoms with Gasteiger partial charge in [-0.3, -0.25) is 0 Å². The Bertz CT molecular complexity index is 1230. The molecule has 2 aliphatic rings. The lowest BCUT2D eigenvalue weighted by Crippen LogP contribution is -2.17. The second kappa shape index (κ2) is 10.3. The SMILES string of the molecule is O=C(Cl)OCC1c2ccccc2-c2ccccc21.[15NH2]C(=O)OCC1c2ccccc2-c2ccccc21. The smallest absolute Gasteiger partial charge is 0.404 e. The summed E-state index contributed by atoms with van der Waals surface area (Å²) >= 11 is 5.25. The molecule has 0 spiro atoms. The van der Waals surface area contributed by atoms with Crippen molar-refractivity contribution >= 4 is 23.1 Å². The number of amides is 1. The Morgan fingerprint density at radius 1 is 0.583 bits per heavy atom. The topological polar surface area (TPSA) is 78.6 Å². The summed E-state index contributed by atoms with van der Waals surface area (Å²) in [4.78, 5) is 21.5. The first kappa shape index (κ1) is 23.6. The Morgan fingerprint density at radius 2 is 0.889 bits per heavy atom. The van der Waals surface area contributed by atoms with Gasteiger partial charge in [-0.2, -0.15) is 0 Å². The van der Waals surface area contributed by atoms with Crippen LogP contribution in [0.5, 0.6) is 0 Å². The minimum absolute atomic E-state index is 0.0834. The average molecular weight is 499 g/mol. The Kier molecular flexibility index (Phi) is 6.74. The highest BCUT2D eigenvalue weighted by Crippen LogP contribution is 2.45. The molecular formula is C30H24ClNO4. The molecule has 0 unspecified atom stereocenters. The fourth-order valence-corrected chi connectivity index (χ4v) is 5.26. The molecule has 0 fully saturated rings. The number of carbonyl (C=O) groups is 2. The highest BCUT2D eigenvalue weighted by molar-refractivity contribution is 6.61. The number of carbonyl (C=O) groups excluding carboxylic acids is 2. The molecule has 0 aliphatic heterocycles. The van der Waals surface area contributed by atoms with Crippen molar-refractivity contribution in [1.82, 2.24) is 0 Å². The summed E-state index contributed by atoms with van der Waals surface area (Å²) in [5, 5.41) is 0. The maximum absolute atomic E-state index is 10.8. The second-order valence-electron chi connectivity index (χ2n) is 8.63. The zero-order chi connectivity index (χ0) is 25.1. The summed E-state index contributed by atoms with van der Waals surface area (Å²) in [5.74, 6) is 0.171. The standard InChI is InChI=1S/C15H11ClO2.C15H13NO2/c2*16-15(17)18-9-14-12-7-3-1-5-10(12)11-6-2-4-8-13(11)14/h1-8,14H,9H2;1-8,14H,9H2,(H2,16,17)/i;16+1. The van der Waals surface area contributed by atoms with Gasteiger partial charge in [-0.25, -0.2) is 9.59 Å². The number of ether oxygens (including phenoxy) is 2. The summed E-state index contributed by atoms with van der Waals surface area (Å²) < 4.78 is 9.94. The first-order chi connectivity index (χ1) is 17.5. The molecule has 6 rings (SSSR count). The number of hydrogen-bond acceptors (Lipinski definition) is 4. The van der Waals surface area contributed by atoms with Gasteiger partial charge in [0.2, 0.25) is 0 Å². The van der Waals surface area contributed by atoms with E-state index >= 15 is 0 Å². The van der Waals surface area contributed by atoms with Crippen molar-refractivity contribution in [3.63, 3.8) is 0 Å². The van der Waals surface area contributed by atoms with Gasteiger partial charge in [0.15, 0.2) is 0 Å². The maximum atomic E-state index is 10.8. The average Bonchev–Trinajstić information content (AvgIpc) is 3.39. The molecule has 0 heterocycles. The van der Waals surface area contributed by atoms with Gasteiger partial charge >= 0.3 is 11.5 Å². The Balaban J connectivity index is 0.000000148. The molecule has 6 heteroatoms. The zero-order valence-electron chi connectivity index (χ0n) is 19.4. The molecule has 1 amide bonds. The third kappa shape index (κ3) is 4.58. The van der Waals surface area contributed by atoms with Crippen LogP contribution in [0.15, 0.2) is 97.1 Å². The van der Waals surface area contributed by atoms with Gasteiger partial charge in [-0.15, -0.1) is 0 Å². The van der Waals surface area contributed by atoms with Crippen LogP contribution < -0.4 is 5.73 Å². The fourth-order valence-electron chi connectivity index (χ4n) is 5.19. The molecular weight excluding hydrogens is 475 g/mol. The van der Waals surface area contributed by atoms with Crippen LogP contribution >= 0.6 is 11.6 Å². The number of benzene rings is 4. The Morgan fingerprint density at radius 3 is 1.19 bits per heavy atom. The molecule has 180 valence electrons. The van der Waals surface area contributed by atoms with E-state index in [4.69, 9.17) is 26.8 Å². The van der Waals surface area contributed by atoms with Crippen LogP contribution in [-0.4, -0.2) is 24.7 Å². The summed E-state index contributed by atoms with van der Waals surface area (Å²) in [5.41, 5.74) is 13.9. The Labute approximate surface area is 214 Å². The highest BCUT2D eigenvalue weighted by Gasteiger charge is 2.29. The summed E-state index contributed by atoms with van der Waals surface area (Å²) in [6, 6.07) is 32.8. The molecule has 5 nitrogen and oxygen atoms in total. The molecule has 0 aromatic heterocycles. The van der Waals surface area contributed by atoms with Crippen molar-refractivity contribution in [3.8, 4) is 22.3 Å². The minimum Gasteiger partial charge on any atom is -0.453 e. The quantitative estimate of drug-likeness (QED) is 0.241. The lowest BCUT2D eigenvalue weighted by Gasteiger charge is -2.12. The van der Waals surface area contributed by atoms with Gasteiger partial charge in [0.05, 0.1) is 0 Å². The van der Waals surface area contributed by atoms with Crippen LogP contribution in [0.2, 0.25) is 0 Å². The lowest BCUT2D eigenvalue weighted by atomic mass is 9.98. The summed E-state index contributed by atoms with van der Waals surface area (Å²) in [6.45, 7) is 0.583. The molecule has 36 heavy (non-hydrogen) atoms. The van der Waals surface area contributed by atoms with Crippen molar-refractivity contribution in [2.24, 2.45) is 5.73 Å². The summed E-state index contributed by atoms with van der Waals surface area (Å²) in [6.07, 6.45) is -0.725. The lowest BCUT2D eigenvalue weighted by molar-refractivity contribution is 0.153. The van der Waals surface area contributed by atoms with E-state index in [1.165, 1.54) is 44.5 Å². The third-order valence-corrected chi connectivity index (χ3v) is 6.79. The van der Waals surface area contributed by atoms with Crippen LogP contribution in [0.4, 0.5) is 9.59 Å². The van der Waals surface area contributed by atoms with E-state index in [0.29, 0.717) is 6.61 Å². The summed E-state index contributed by atoms with van der Waals surface area (Å²) in [7, 11) is 0. The van der Waals surface area contributed by atoms with Crippen molar-refractivity contribution in [2.45, 2.75) is 11.8 Å². The first-order valence-corrected chi connectivity index (χ1v) is 12.0. The molecule has 0 radical (unpaired) electrons. The molecule has 4 aromatic rings. The minimum atomic E-state index is -0.753. The van der Waals surface area contributed by atoms with Gasteiger partial charge in [-0.05, 0) is 44.5 Å². The van der Waals surface area contributed by atoms with E-state index < -0.39 is 11.5 Å². The third-order valence-electron chi connectivity index (χ3n) is 6.68. The first-order valence-electron chi connectivity index (χ1n) is 11.7. The van der Waals surface area contributed by atoms with Crippen LogP contribution in [0.1, 0.15) is 34.1 Å². The van der Waals surface area contributed by atoms with Gasteiger partial charge in [-0.1, -0.05) is 97.1 Å². The molecule has 2 aliphatic carbocycles. The van der Waals surface area contributed by atoms with E-state index in [9.17, 15) is 9.59 Å². The molecule has 0 saturated carbocycles. The van der Waals surface area contributed by atoms with E-state index in [1.807, 2.05) is 48.5 Å². The molecule has 4 aromatic carbocycles. The fraction of sp³-hybridized carbons (Fsp3) is 0.133. The molecule has 2 N–H and O–H groups in total. The Hall–Kier alpha value is -4.09. The number of fused-ring (bicyclic) bond motifs is 6. The largest absolute Gasteiger partial charge is 0.453 e. The van der Waals surface area contributed by atoms with Gasteiger partial charge in [0.25, 0.3) is 0 Å². The predicted molar refractivity (Wildman–Crippen MR) is 140 cm³/mol. The zero-order valence-corrected chi connectivity index (χ0v) is 20.2. The van der Waals surface area contributed by atoms with E-state index in [2.05, 4.69) is 48.5 Å². The van der Waals surface area contributed by atoms with Crippen molar-refractivity contribution in [3.05, 3.63) is 119 Å². The van der Waals surface area contributed by atoms with Crippen LogP contribution in [0.3, 0.4) is 0 Å². The molecule has 0 saturated heterocycles. The van der Waals surface area contributed by atoms with Crippen molar-refractivity contribution in [1.29, 1.82) is 0 Å². The normalized spacial score (nSPS) is 12.9. The van der Waals surface area contributed by atoms with Crippen molar-refractivity contribution < 1.29 is 19.1 Å². The van der Waals surface area contributed by atoms with Gasteiger partial charge in [0.1, 0.15) is 13.2 Å². The predicted octanol–water partition coefficient (Wildman–Crippen LogP) is 7.07. The van der Waals surface area contributed by atoms with Crippen LogP contribution in [-0.2, 0) is 9.47 Å². The van der Waals surface area contributed by atoms with Crippen LogP contribution in [0, 0.1) is 0 Å². The van der Waals surface area contributed by atoms with Crippen LogP contribution in [0.25, 0.3) is 22.3 Å². The molecule has 0 bridgehead atoms. The number of primary amides is 1. The number of nitrogens with two attached hydrogens (primary N) is 1. The van der Waals surface area contributed by atoms with Gasteiger partial charge in [0, 0.05) is 23.4 Å². The second-order valence-corrected chi connectivity index (χ2v) is 8.94. The van der Waals surface area contributed by atoms with Crippen molar-refractivity contribution in [2.75, 3.05) is 13.2 Å². The highest BCUT2D eigenvalue weighted by atomic mass is 35.5. The number of halogens is 1. The van der Waals surface area contributed by atoms with Gasteiger partial charge < -0.3 is 15.2 Å². The van der Waals surface area contributed by atoms with E-state index in [0.717, 1.165) is 0 Å². The number of hydrogen-bond donors (Lipinski definition) is 1. The maximum Gasteiger partial charge on any atom is 0.404 e.